The van der Waals surface area contributed by atoms with Gasteiger partial charge in [-0.1, -0.05) is 204 Å². The molecule has 0 aromatic rings. The Hall–Kier alpha value is -1.73. The maximum atomic E-state index is 11.6. The van der Waals surface area contributed by atoms with E-state index in [2.05, 4.69) is 152 Å². The molecule has 16 aliphatic rings. The summed E-state index contributed by atoms with van der Waals surface area (Å²) >= 11 is 0. The summed E-state index contributed by atoms with van der Waals surface area (Å²) in [7, 11) is 0. The van der Waals surface area contributed by atoms with Crippen LogP contribution in [-0.2, 0) is 9.53 Å². The number of aliphatic carboxylic acids is 1. The van der Waals surface area contributed by atoms with Gasteiger partial charge in [0, 0.05) is 19.1 Å². The van der Waals surface area contributed by atoms with Crippen molar-refractivity contribution in [2.75, 3.05) is 13.2 Å². The van der Waals surface area contributed by atoms with Gasteiger partial charge in [0.2, 0.25) is 0 Å². The van der Waals surface area contributed by atoms with Crippen molar-refractivity contribution in [1.82, 2.24) is 0 Å². The molecule has 15 aliphatic carbocycles. The zero-order chi connectivity index (χ0) is 62.1. The average molecular weight is 1180 g/mol. The molecule has 0 aromatic heterocycles. The third-order valence-electron chi connectivity index (χ3n) is 28.0. The van der Waals surface area contributed by atoms with Crippen molar-refractivity contribution in [2.45, 2.75) is 290 Å². The summed E-state index contributed by atoms with van der Waals surface area (Å²) in [5.74, 6) is 13.5. The number of carbonyl (C=O) groups is 1. The van der Waals surface area contributed by atoms with Crippen LogP contribution in [0.2, 0.25) is 0 Å². The molecular formula is C79H137NO5. The number of aliphatic hydroxyl groups excluding tert-OH is 2. The van der Waals surface area contributed by atoms with Crippen LogP contribution >= 0.6 is 0 Å². The standard InChI is InChI=1S/C17H28O2.C17H30O.C17H30.C16H29N.C12H20O2/c1-4-5-6-7-8-9-12-10-13-11-14(17(13,2)3)15(12)16(18)19;1-4-5-6-7-8-9-13-10-14-11-16(15(13)12-18)17(14,2)3;1-5-6-7-8-9-10-14-11-15-12-16(13(14)2)17(15,3)4;1-4-5-6-7-8-9-12-10-13-11-14(15(12)17)16(13,2)3;1-12(2)8-3-7-6-14-11(13)5-9(7)10(12)4-8/h7-8,12-15H,4-6,9-11H2,1-3H3,(H,18,19);7-8,13-16,18H,4-6,9-12H2,1-3H3;8-9,13-16H,5-7,10-12H2,1-4H3;7-8,12-15H,4-6,9-11,17H2,1-3H3;7-11,13H,3-6H2,1-2H3/b2*8-7-;9-8-;8-7-;. The number of carboxylic acids is 1. The molecule has 16 rings (SSSR count). The van der Waals surface area contributed by atoms with Gasteiger partial charge in [-0.05, 0) is 249 Å². The van der Waals surface area contributed by atoms with Crippen LogP contribution < -0.4 is 5.73 Å². The average Bonchev–Trinajstić information content (AvgIpc) is 2.10. The molecule has 21 unspecified atom stereocenters. The van der Waals surface area contributed by atoms with Crippen molar-refractivity contribution in [3.63, 3.8) is 0 Å². The van der Waals surface area contributed by atoms with E-state index in [0.29, 0.717) is 52.1 Å². The predicted molar refractivity (Wildman–Crippen MR) is 359 cm³/mol. The van der Waals surface area contributed by atoms with Crippen LogP contribution in [0.1, 0.15) is 277 Å². The highest BCUT2D eigenvalue weighted by Crippen LogP contribution is 2.67. The smallest absolute Gasteiger partial charge is 0.307 e. The van der Waals surface area contributed by atoms with Crippen molar-refractivity contribution in [3.8, 4) is 0 Å². The highest BCUT2D eigenvalue weighted by atomic mass is 16.6. The van der Waals surface area contributed by atoms with E-state index < -0.39 is 12.3 Å². The highest BCUT2D eigenvalue weighted by Gasteiger charge is 2.62. The Bertz CT molecular complexity index is 2090. The fourth-order valence-corrected chi connectivity index (χ4v) is 20.9. The molecule has 0 aromatic carbocycles. The lowest BCUT2D eigenvalue weighted by Gasteiger charge is -2.64. The van der Waals surface area contributed by atoms with Gasteiger partial charge in [0.05, 0.1) is 12.5 Å². The van der Waals surface area contributed by atoms with E-state index in [0.717, 1.165) is 127 Å². The number of hydrogen-bond donors (Lipinski definition) is 4. The van der Waals surface area contributed by atoms with Crippen LogP contribution in [0, 0.1) is 140 Å². The minimum Gasteiger partial charge on any atom is -0.481 e. The van der Waals surface area contributed by atoms with E-state index in [1.165, 1.54) is 141 Å². The summed E-state index contributed by atoms with van der Waals surface area (Å²) in [6.45, 7) is 36.6. The Morgan fingerprint density at radius 3 is 1.28 bits per heavy atom. The van der Waals surface area contributed by atoms with E-state index in [4.69, 9.17) is 10.5 Å². The largest absolute Gasteiger partial charge is 0.481 e. The van der Waals surface area contributed by atoms with Crippen LogP contribution in [0.25, 0.3) is 0 Å². The zero-order valence-corrected chi connectivity index (χ0v) is 58.0. The van der Waals surface area contributed by atoms with Gasteiger partial charge in [-0.15, -0.1) is 0 Å². The van der Waals surface area contributed by atoms with E-state index in [-0.39, 0.29) is 11.3 Å². The quantitative estimate of drug-likeness (QED) is 0.0635. The number of carboxylic acid groups (broad SMARTS) is 1. The number of fused-ring (bicyclic) bond motifs is 8. The van der Waals surface area contributed by atoms with Gasteiger partial charge >= 0.3 is 5.97 Å². The van der Waals surface area contributed by atoms with Crippen LogP contribution in [0.3, 0.4) is 0 Å². The fourth-order valence-electron chi connectivity index (χ4n) is 20.9. The second-order valence-electron chi connectivity index (χ2n) is 34.0. The van der Waals surface area contributed by atoms with Crippen LogP contribution in [0.5, 0.6) is 0 Å². The molecule has 85 heavy (non-hydrogen) atoms. The number of unbranched alkanes of at least 4 members (excludes halogenated alkanes) is 8. The first-order valence-corrected chi connectivity index (χ1v) is 36.8. The predicted octanol–water partition coefficient (Wildman–Crippen LogP) is 20.5. The summed E-state index contributed by atoms with van der Waals surface area (Å²) in [4.78, 5) is 11.6. The Morgan fingerprint density at radius 2 is 0.847 bits per heavy atom. The first-order chi connectivity index (χ1) is 40.3. The maximum absolute atomic E-state index is 11.6. The lowest BCUT2D eigenvalue weighted by atomic mass is 9.42. The van der Waals surface area contributed by atoms with Gasteiger partial charge in [-0.3, -0.25) is 4.79 Å². The molecule has 5 N–H and O–H groups in total. The summed E-state index contributed by atoms with van der Waals surface area (Å²) in [5.41, 5.74) is 8.92. The van der Waals surface area contributed by atoms with Crippen molar-refractivity contribution in [3.05, 3.63) is 48.6 Å². The summed E-state index contributed by atoms with van der Waals surface area (Å²) < 4.78 is 5.34. The molecule has 1 saturated heterocycles. The Morgan fingerprint density at radius 1 is 0.471 bits per heavy atom. The van der Waals surface area contributed by atoms with Gasteiger partial charge in [-0.25, -0.2) is 0 Å². The van der Waals surface area contributed by atoms with E-state index in [1.807, 2.05) is 0 Å². The Labute approximate surface area is 524 Å². The fraction of sp³-hybridized carbons (Fsp3) is 0.886. The zero-order valence-electron chi connectivity index (χ0n) is 58.0. The van der Waals surface area contributed by atoms with Gasteiger partial charge in [0.15, 0.2) is 6.29 Å². The third kappa shape index (κ3) is 16.1. The lowest BCUT2D eigenvalue weighted by molar-refractivity contribution is -0.228. The number of allylic oxidation sites excluding steroid dienone is 8. The molecule has 0 amide bonds. The molecular weight excluding hydrogens is 1040 g/mol. The summed E-state index contributed by atoms with van der Waals surface area (Å²) in [6, 6.07) is 0.450. The number of ether oxygens (including phenoxy) is 1. The number of hydrogen-bond acceptors (Lipinski definition) is 5. The second-order valence-corrected chi connectivity index (χ2v) is 34.0. The molecule has 0 radical (unpaired) electrons. The topological polar surface area (TPSA) is 113 Å². The van der Waals surface area contributed by atoms with Gasteiger partial charge in [-0.2, -0.15) is 0 Å². The van der Waals surface area contributed by atoms with Crippen LogP contribution in [0.4, 0.5) is 0 Å². The molecule has 21 atom stereocenters. The Kier molecular flexibility index (Phi) is 25.8. The molecule has 1 aliphatic heterocycles. The van der Waals surface area contributed by atoms with Gasteiger partial charge in [0.1, 0.15) is 0 Å². The summed E-state index contributed by atoms with van der Waals surface area (Å²) in [6.07, 6.45) is 52.7. The molecule has 1 heterocycles. The first-order valence-electron chi connectivity index (χ1n) is 36.8. The van der Waals surface area contributed by atoms with Crippen molar-refractivity contribution in [1.29, 1.82) is 0 Å². The van der Waals surface area contributed by atoms with Crippen molar-refractivity contribution in [2.24, 2.45) is 145 Å². The summed E-state index contributed by atoms with van der Waals surface area (Å²) in [5, 5.41) is 28.8. The normalized spacial score (nSPS) is 40.8. The second kappa shape index (κ2) is 31.1. The first kappa shape index (κ1) is 70.7. The minimum atomic E-state index is -0.566. The molecule has 16 fully saturated rings. The molecule has 6 nitrogen and oxygen atoms in total. The number of aliphatic hydroxyl groups is 2. The van der Waals surface area contributed by atoms with Crippen LogP contribution in [0.15, 0.2) is 48.6 Å². The van der Waals surface area contributed by atoms with E-state index in [9.17, 15) is 20.1 Å². The Balaban J connectivity index is 0.000000153. The maximum Gasteiger partial charge on any atom is 0.307 e. The molecule has 0 spiro atoms. The van der Waals surface area contributed by atoms with Crippen molar-refractivity contribution < 1.29 is 24.9 Å². The molecule has 488 valence electrons. The molecule has 6 heteroatoms. The molecule has 15 saturated carbocycles. The monoisotopic (exact) mass is 1180 g/mol. The van der Waals surface area contributed by atoms with Crippen LogP contribution in [-0.4, -0.2) is 46.8 Å². The third-order valence-corrected chi connectivity index (χ3v) is 28.0. The number of nitrogens with two attached hydrogens (primary N) is 1. The van der Waals surface area contributed by atoms with Gasteiger partial charge < -0.3 is 25.8 Å². The van der Waals surface area contributed by atoms with Crippen molar-refractivity contribution >= 4 is 5.97 Å². The highest BCUT2D eigenvalue weighted by molar-refractivity contribution is 5.71. The molecule has 10 bridgehead atoms. The number of rotatable bonds is 22. The van der Waals surface area contributed by atoms with E-state index >= 15 is 0 Å². The minimum absolute atomic E-state index is 0.115. The lowest BCUT2D eigenvalue weighted by Crippen LogP contribution is -2.61. The SMILES string of the molecule is CC1(C)C2CC3COC(O)CC3C1C2.CCCC/C=C\CC1CC2CC(C1C(=O)O)C2(C)C.CCCC/C=C\CC1CC2CC(C1C)C2(C)C.CCCC/C=C\CC1CC2CC(C1CO)C2(C)C.CCCC/C=C\CC1CC2CC(C1N)C2(C)C. The van der Waals surface area contributed by atoms with Gasteiger partial charge in [0.25, 0.3) is 0 Å². The van der Waals surface area contributed by atoms with E-state index in [1.54, 1.807) is 0 Å².